The van der Waals surface area contributed by atoms with E-state index in [0.717, 1.165) is 22.2 Å². The number of benzene rings is 1. The van der Waals surface area contributed by atoms with Gasteiger partial charge in [0.2, 0.25) is 0 Å². The number of rotatable bonds is 4. The monoisotopic (exact) mass is 382 g/mol. The molecule has 3 heterocycles. The fraction of sp³-hybridized carbons (Fsp3) is 0.105. The van der Waals surface area contributed by atoms with E-state index >= 15 is 0 Å². The van der Waals surface area contributed by atoms with E-state index in [0.29, 0.717) is 22.4 Å². The molecule has 7 heteroatoms. The second-order valence-corrected chi connectivity index (χ2v) is 7.26. The number of anilines is 2. The Kier molecular flexibility index (Phi) is 4.44. The van der Waals surface area contributed by atoms with Crippen molar-refractivity contribution >= 4 is 44.7 Å². The molecule has 0 aliphatic carbocycles. The predicted molar refractivity (Wildman–Crippen MR) is 106 cm³/mol. The summed E-state index contributed by atoms with van der Waals surface area (Å²) in [5, 5.41) is 14.8. The third kappa shape index (κ3) is 3.21. The zero-order chi connectivity index (χ0) is 18.1. The van der Waals surface area contributed by atoms with E-state index in [9.17, 15) is 5.11 Å². The molecular weight excluding hydrogens is 368 g/mol. The van der Waals surface area contributed by atoms with Gasteiger partial charge in [0.05, 0.1) is 11.1 Å². The van der Waals surface area contributed by atoms with Crippen molar-refractivity contribution in [2.75, 3.05) is 5.32 Å². The van der Waals surface area contributed by atoms with Gasteiger partial charge in [0, 0.05) is 27.9 Å². The van der Waals surface area contributed by atoms with Gasteiger partial charge in [0.15, 0.2) is 5.82 Å². The van der Waals surface area contributed by atoms with Crippen LogP contribution >= 0.6 is 22.9 Å². The van der Waals surface area contributed by atoms with Crippen molar-refractivity contribution in [1.82, 2.24) is 15.0 Å². The summed E-state index contributed by atoms with van der Waals surface area (Å²) in [6, 6.07) is 10.7. The van der Waals surface area contributed by atoms with Crippen molar-refractivity contribution in [3.63, 3.8) is 0 Å². The van der Waals surface area contributed by atoms with E-state index in [-0.39, 0.29) is 5.75 Å². The number of thiophene rings is 1. The van der Waals surface area contributed by atoms with Crippen molar-refractivity contribution < 1.29 is 5.11 Å². The zero-order valence-electron chi connectivity index (χ0n) is 13.9. The average molecular weight is 383 g/mol. The molecular formula is C19H15ClN4OS. The Morgan fingerprint density at radius 1 is 1.19 bits per heavy atom. The van der Waals surface area contributed by atoms with Crippen LogP contribution in [-0.2, 0) is 6.42 Å². The van der Waals surface area contributed by atoms with Gasteiger partial charge in [0.1, 0.15) is 16.4 Å². The number of pyridine rings is 1. The fourth-order valence-electron chi connectivity index (χ4n) is 2.60. The van der Waals surface area contributed by atoms with Gasteiger partial charge in [0.25, 0.3) is 0 Å². The first-order chi connectivity index (χ1) is 12.6. The van der Waals surface area contributed by atoms with Crippen LogP contribution in [0.3, 0.4) is 0 Å². The van der Waals surface area contributed by atoms with Crippen LogP contribution in [0.2, 0.25) is 5.02 Å². The Balaban J connectivity index is 1.88. The van der Waals surface area contributed by atoms with Crippen LogP contribution in [0.15, 0.2) is 48.8 Å². The highest BCUT2D eigenvalue weighted by atomic mass is 35.5. The lowest BCUT2D eigenvalue weighted by atomic mass is 10.2. The second-order valence-electron chi connectivity index (χ2n) is 5.71. The largest absolute Gasteiger partial charge is 0.506 e. The number of phenolic OH excluding ortho intramolecular Hbond substituents is 1. The summed E-state index contributed by atoms with van der Waals surface area (Å²) < 4.78 is 0. The molecule has 1 aromatic carbocycles. The van der Waals surface area contributed by atoms with Crippen molar-refractivity contribution in [3.8, 4) is 17.1 Å². The number of aromatic nitrogens is 3. The van der Waals surface area contributed by atoms with E-state index in [1.807, 2.05) is 12.1 Å². The summed E-state index contributed by atoms with van der Waals surface area (Å²) >= 11 is 7.70. The molecule has 5 nitrogen and oxygen atoms in total. The Hall–Kier alpha value is -2.70. The number of nitrogens with zero attached hydrogens (tertiary/aromatic N) is 3. The summed E-state index contributed by atoms with van der Waals surface area (Å²) in [6.07, 6.45) is 4.37. The maximum absolute atomic E-state index is 10.1. The fourth-order valence-corrected chi connectivity index (χ4v) is 3.74. The summed E-state index contributed by atoms with van der Waals surface area (Å²) in [4.78, 5) is 15.6. The van der Waals surface area contributed by atoms with Crippen molar-refractivity contribution in [3.05, 3.63) is 58.7 Å². The van der Waals surface area contributed by atoms with E-state index < -0.39 is 0 Å². The predicted octanol–water partition coefficient (Wildman–Crippen LogP) is 5.42. The molecule has 0 aliphatic heterocycles. The van der Waals surface area contributed by atoms with Crippen LogP contribution in [0.25, 0.3) is 21.6 Å². The quantitative estimate of drug-likeness (QED) is 0.461. The van der Waals surface area contributed by atoms with Gasteiger partial charge in [-0.2, -0.15) is 0 Å². The Morgan fingerprint density at radius 2 is 2.08 bits per heavy atom. The Labute approximate surface area is 159 Å². The maximum Gasteiger partial charge on any atom is 0.164 e. The van der Waals surface area contributed by atoms with Gasteiger partial charge in [-0.25, -0.2) is 9.97 Å². The second kappa shape index (κ2) is 6.90. The molecule has 0 radical (unpaired) electrons. The van der Waals surface area contributed by atoms with E-state index in [1.54, 1.807) is 41.9 Å². The molecule has 3 aromatic heterocycles. The van der Waals surface area contributed by atoms with Crippen LogP contribution in [0.1, 0.15) is 11.8 Å². The SMILES string of the molecule is CCc1cc2c(Nc3cc(Cl)ccc3O)nc(-c3cccnc3)nc2s1. The standard InChI is InChI=1S/C19H15ClN4OS/c1-2-13-9-14-18(22-15-8-12(20)5-6-16(15)25)23-17(24-19(14)26-13)11-4-3-7-21-10-11/h3-10,25H,2H2,1H3,(H,22,23,24). The first kappa shape index (κ1) is 16.8. The number of aromatic hydroxyl groups is 1. The maximum atomic E-state index is 10.1. The molecule has 4 rings (SSSR count). The highest BCUT2D eigenvalue weighted by Crippen LogP contribution is 2.35. The number of nitrogens with one attached hydrogen (secondary N) is 1. The molecule has 0 saturated heterocycles. The van der Waals surface area contributed by atoms with Crippen molar-refractivity contribution in [2.24, 2.45) is 0 Å². The summed E-state index contributed by atoms with van der Waals surface area (Å²) in [7, 11) is 0. The summed E-state index contributed by atoms with van der Waals surface area (Å²) in [5.41, 5.74) is 1.33. The number of hydrogen-bond donors (Lipinski definition) is 2. The molecule has 130 valence electrons. The molecule has 0 bridgehead atoms. The first-order valence-corrected chi connectivity index (χ1v) is 9.30. The van der Waals surface area contributed by atoms with Gasteiger partial charge in [-0.15, -0.1) is 11.3 Å². The number of aryl methyl sites for hydroxylation is 1. The minimum absolute atomic E-state index is 0.107. The zero-order valence-corrected chi connectivity index (χ0v) is 15.5. The summed E-state index contributed by atoms with van der Waals surface area (Å²) in [6.45, 7) is 2.11. The minimum atomic E-state index is 0.107. The molecule has 0 atom stereocenters. The van der Waals surface area contributed by atoms with E-state index in [1.165, 1.54) is 4.88 Å². The van der Waals surface area contributed by atoms with Crippen LogP contribution < -0.4 is 5.32 Å². The van der Waals surface area contributed by atoms with Crippen molar-refractivity contribution in [1.29, 1.82) is 0 Å². The van der Waals surface area contributed by atoms with Crippen molar-refractivity contribution in [2.45, 2.75) is 13.3 Å². The smallest absolute Gasteiger partial charge is 0.164 e. The molecule has 4 aromatic rings. The number of fused-ring (bicyclic) bond motifs is 1. The molecule has 0 unspecified atom stereocenters. The molecule has 0 fully saturated rings. The van der Waals surface area contributed by atoms with Crippen LogP contribution in [0.4, 0.5) is 11.5 Å². The Bertz CT molecular complexity index is 1080. The first-order valence-electron chi connectivity index (χ1n) is 8.10. The van der Waals surface area contributed by atoms with Crippen LogP contribution in [0.5, 0.6) is 5.75 Å². The molecule has 26 heavy (non-hydrogen) atoms. The molecule has 0 spiro atoms. The normalized spacial score (nSPS) is 11.0. The van der Waals surface area contributed by atoms with Gasteiger partial charge in [-0.3, -0.25) is 4.98 Å². The molecule has 2 N–H and O–H groups in total. The molecule has 0 saturated carbocycles. The van der Waals surface area contributed by atoms with Crippen LogP contribution in [0, 0.1) is 0 Å². The number of phenols is 1. The highest BCUT2D eigenvalue weighted by Gasteiger charge is 2.14. The highest BCUT2D eigenvalue weighted by molar-refractivity contribution is 7.18. The third-order valence-corrected chi connectivity index (χ3v) is 5.33. The van der Waals surface area contributed by atoms with Gasteiger partial charge >= 0.3 is 0 Å². The number of halogens is 1. The van der Waals surface area contributed by atoms with Gasteiger partial charge < -0.3 is 10.4 Å². The minimum Gasteiger partial charge on any atom is -0.506 e. The molecule has 0 aliphatic rings. The lowest BCUT2D eigenvalue weighted by molar-refractivity contribution is 0.478. The summed E-state index contributed by atoms with van der Waals surface area (Å²) in [5.74, 6) is 1.32. The number of hydrogen-bond acceptors (Lipinski definition) is 6. The lowest BCUT2D eigenvalue weighted by Crippen LogP contribution is -1.98. The lowest BCUT2D eigenvalue weighted by Gasteiger charge is -2.10. The molecule has 0 amide bonds. The van der Waals surface area contributed by atoms with E-state index in [2.05, 4.69) is 28.3 Å². The average Bonchev–Trinajstić information content (AvgIpc) is 3.09. The topological polar surface area (TPSA) is 70.9 Å². The van der Waals surface area contributed by atoms with E-state index in [4.69, 9.17) is 16.6 Å². The Morgan fingerprint density at radius 3 is 2.85 bits per heavy atom. The third-order valence-electron chi connectivity index (χ3n) is 3.92. The van der Waals surface area contributed by atoms with Crippen LogP contribution in [-0.4, -0.2) is 20.1 Å². The van der Waals surface area contributed by atoms with Gasteiger partial charge in [-0.05, 0) is 42.8 Å². The van der Waals surface area contributed by atoms with Gasteiger partial charge in [-0.1, -0.05) is 18.5 Å².